The molecule has 1 aliphatic heterocycles. The van der Waals surface area contributed by atoms with Crippen molar-refractivity contribution < 1.29 is 9.13 Å². The summed E-state index contributed by atoms with van der Waals surface area (Å²) in [4.78, 5) is 0. The average molecular weight is 251 g/mol. The highest BCUT2D eigenvalue weighted by atomic mass is 19.1. The maximum atomic E-state index is 13.3. The van der Waals surface area contributed by atoms with Crippen LogP contribution >= 0.6 is 0 Å². The molecule has 18 heavy (non-hydrogen) atoms. The van der Waals surface area contributed by atoms with E-state index in [1.807, 2.05) is 19.1 Å². The van der Waals surface area contributed by atoms with E-state index in [9.17, 15) is 4.39 Å². The molecule has 0 aliphatic carbocycles. The van der Waals surface area contributed by atoms with Gasteiger partial charge in [0, 0.05) is 18.6 Å². The Morgan fingerprint density at radius 1 is 1.50 bits per heavy atom. The van der Waals surface area contributed by atoms with Gasteiger partial charge in [-0.1, -0.05) is 19.1 Å². The van der Waals surface area contributed by atoms with E-state index in [-0.39, 0.29) is 11.9 Å². The number of benzene rings is 1. The van der Waals surface area contributed by atoms with Gasteiger partial charge in [-0.05, 0) is 43.5 Å². The minimum Gasteiger partial charge on any atom is -0.381 e. The van der Waals surface area contributed by atoms with Crippen molar-refractivity contribution in [3.63, 3.8) is 0 Å². The molecule has 1 aliphatic rings. The van der Waals surface area contributed by atoms with Crippen molar-refractivity contribution in [1.29, 1.82) is 0 Å². The third-order valence-electron chi connectivity index (χ3n) is 3.63. The largest absolute Gasteiger partial charge is 0.381 e. The Kier molecular flexibility index (Phi) is 4.72. The molecule has 100 valence electrons. The van der Waals surface area contributed by atoms with Gasteiger partial charge in [0.15, 0.2) is 0 Å². The van der Waals surface area contributed by atoms with Crippen molar-refractivity contribution in [1.82, 2.24) is 5.32 Å². The highest BCUT2D eigenvalue weighted by molar-refractivity contribution is 5.27. The van der Waals surface area contributed by atoms with E-state index in [1.165, 1.54) is 12.0 Å². The zero-order valence-electron chi connectivity index (χ0n) is 11.2. The molecule has 1 N–H and O–H groups in total. The molecule has 3 heteroatoms. The third-order valence-corrected chi connectivity index (χ3v) is 3.63. The molecule has 2 nitrogen and oxygen atoms in total. The van der Waals surface area contributed by atoms with E-state index in [2.05, 4.69) is 12.2 Å². The topological polar surface area (TPSA) is 21.3 Å². The average Bonchev–Trinajstić information content (AvgIpc) is 2.40. The number of hydrogen-bond donors (Lipinski definition) is 1. The van der Waals surface area contributed by atoms with Gasteiger partial charge in [0.1, 0.15) is 5.82 Å². The lowest BCUT2D eigenvalue weighted by molar-refractivity contribution is 0.0392. The first-order valence-electron chi connectivity index (χ1n) is 6.79. The highest BCUT2D eigenvalue weighted by Gasteiger charge is 2.25. The first-order chi connectivity index (χ1) is 8.72. The van der Waals surface area contributed by atoms with Crippen LogP contribution in [0.4, 0.5) is 4.39 Å². The summed E-state index contributed by atoms with van der Waals surface area (Å²) in [5.74, 6) is 0.359. The fourth-order valence-corrected chi connectivity index (χ4v) is 2.67. The minimum atomic E-state index is -0.131. The number of aryl methyl sites for hydroxylation is 1. The molecule has 0 saturated carbocycles. The number of nitrogens with one attached hydrogen (secondary N) is 1. The van der Waals surface area contributed by atoms with Gasteiger partial charge in [-0.2, -0.15) is 0 Å². The second kappa shape index (κ2) is 6.30. The molecule has 2 atom stereocenters. The van der Waals surface area contributed by atoms with E-state index < -0.39 is 0 Å². The molecule has 1 aromatic rings. The fraction of sp³-hybridized carbons (Fsp3) is 0.600. The monoisotopic (exact) mass is 251 g/mol. The van der Waals surface area contributed by atoms with Crippen molar-refractivity contribution >= 4 is 0 Å². The maximum Gasteiger partial charge on any atom is 0.126 e. The van der Waals surface area contributed by atoms with Crippen LogP contribution in [0.5, 0.6) is 0 Å². The molecule has 1 heterocycles. The van der Waals surface area contributed by atoms with Gasteiger partial charge >= 0.3 is 0 Å². The predicted molar refractivity (Wildman–Crippen MR) is 71.1 cm³/mol. The molecule has 0 spiro atoms. The number of halogens is 1. The number of hydrogen-bond acceptors (Lipinski definition) is 2. The summed E-state index contributed by atoms with van der Waals surface area (Å²) in [5.41, 5.74) is 1.89. The van der Waals surface area contributed by atoms with Crippen LogP contribution in [0.25, 0.3) is 0 Å². The second-order valence-electron chi connectivity index (χ2n) is 5.02. The molecule has 2 unspecified atom stereocenters. The first-order valence-corrected chi connectivity index (χ1v) is 6.79. The zero-order valence-corrected chi connectivity index (χ0v) is 11.2. The van der Waals surface area contributed by atoms with Gasteiger partial charge in [0.05, 0.1) is 6.61 Å². The van der Waals surface area contributed by atoms with Crippen molar-refractivity contribution in [3.05, 3.63) is 35.1 Å². The van der Waals surface area contributed by atoms with Crippen molar-refractivity contribution in [2.24, 2.45) is 5.92 Å². The Morgan fingerprint density at radius 2 is 2.33 bits per heavy atom. The van der Waals surface area contributed by atoms with Crippen LogP contribution in [-0.2, 0) is 4.74 Å². The summed E-state index contributed by atoms with van der Waals surface area (Å²) in [5, 5.41) is 3.51. The van der Waals surface area contributed by atoms with Gasteiger partial charge in [0.25, 0.3) is 0 Å². The van der Waals surface area contributed by atoms with Crippen molar-refractivity contribution in [2.75, 3.05) is 19.8 Å². The molecular formula is C15H22FNO. The molecule has 1 aromatic carbocycles. The van der Waals surface area contributed by atoms with Crippen LogP contribution in [-0.4, -0.2) is 19.8 Å². The van der Waals surface area contributed by atoms with Crippen LogP contribution in [0.3, 0.4) is 0 Å². The lowest BCUT2D eigenvalue weighted by atomic mass is 9.88. The van der Waals surface area contributed by atoms with Gasteiger partial charge < -0.3 is 10.1 Å². The zero-order chi connectivity index (χ0) is 13.0. The van der Waals surface area contributed by atoms with Crippen molar-refractivity contribution in [3.8, 4) is 0 Å². The highest BCUT2D eigenvalue weighted by Crippen LogP contribution is 2.29. The van der Waals surface area contributed by atoms with Crippen LogP contribution in [0, 0.1) is 18.7 Å². The minimum absolute atomic E-state index is 0.131. The maximum absolute atomic E-state index is 13.3. The van der Waals surface area contributed by atoms with E-state index >= 15 is 0 Å². The first kappa shape index (κ1) is 13.5. The Hall–Kier alpha value is -0.930. The molecule has 1 fully saturated rings. The summed E-state index contributed by atoms with van der Waals surface area (Å²) >= 11 is 0. The molecular weight excluding hydrogens is 229 g/mol. The Bertz CT molecular complexity index is 388. The molecule has 0 aromatic heterocycles. The van der Waals surface area contributed by atoms with Crippen LogP contribution in [0.1, 0.15) is 36.9 Å². The van der Waals surface area contributed by atoms with Crippen molar-refractivity contribution in [2.45, 2.75) is 32.7 Å². The summed E-state index contributed by atoms with van der Waals surface area (Å²) in [7, 11) is 0. The molecule has 1 saturated heterocycles. The Morgan fingerprint density at radius 3 is 2.94 bits per heavy atom. The second-order valence-corrected chi connectivity index (χ2v) is 5.02. The van der Waals surface area contributed by atoms with Gasteiger partial charge in [-0.25, -0.2) is 4.39 Å². The third kappa shape index (κ3) is 3.09. The molecule has 2 rings (SSSR count). The summed E-state index contributed by atoms with van der Waals surface area (Å²) < 4.78 is 18.9. The number of rotatable bonds is 4. The lowest BCUT2D eigenvalue weighted by Crippen LogP contribution is -2.33. The summed E-state index contributed by atoms with van der Waals surface area (Å²) in [6.45, 7) is 6.51. The van der Waals surface area contributed by atoms with E-state index in [0.717, 1.165) is 26.2 Å². The molecule has 0 amide bonds. The van der Waals surface area contributed by atoms with Crippen LogP contribution < -0.4 is 5.32 Å². The van der Waals surface area contributed by atoms with Crippen LogP contribution in [0.2, 0.25) is 0 Å². The quantitative estimate of drug-likeness (QED) is 0.887. The van der Waals surface area contributed by atoms with E-state index in [0.29, 0.717) is 11.5 Å². The smallest absolute Gasteiger partial charge is 0.126 e. The van der Waals surface area contributed by atoms with Gasteiger partial charge in [-0.3, -0.25) is 0 Å². The Labute approximate surface area is 109 Å². The number of ether oxygens (including phenoxy) is 1. The Balaban J connectivity index is 2.19. The summed E-state index contributed by atoms with van der Waals surface area (Å²) in [6, 6.07) is 5.69. The SMILES string of the molecule is CCNC(c1ccc(F)c(C)c1)C1CCCOC1. The lowest BCUT2D eigenvalue weighted by Gasteiger charge is -2.31. The standard InChI is InChI=1S/C15H22FNO/c1-3-17-15(13-5-4-8-18-10-13)12-6-7-14(16)11(2)9-12/h6-7,9,13,15,17H,3-5,8,10H2,1-2H3. The summed E-state index contributed by atoms with van der Waals surface area (Å²) in [6.07, 6.45) is 2.29. The van der Waals surface area contributed by atoms with Crippen LogP contribution in [0.15, 0.2) is 18.2 Å². The van der Waals surface area contributed by atoms with Gasteiger partial charge in [-0.15, -0.1) is 0 Å². The molecule has 0 radical (unpaired) electrons. The van der Waals surface area contributed by atoms with Gasteiger partial charge in [0.2, 0.25) is 0 Å². The molecule has 0 bridgehead atoms. The fourth-order valence-electron chi connectivity index (χ4n) is 2.67. The normalized spacial score (nSPS) is 21.8. The predicted octanol–water partition coefficient (Wildman–Crippen LogP) is 3.21. The van der Waals surface area contributed by atoms with E-state index in [1.54, 1.807) is 6.07 Å². The van der Waals surface area contributed by atoms with E-state index in [4.69, 9.17) is 4.74 Å².